The Morgan fingerprint density at radius 2 is 2.06 bits per heavy atom. The van der Waals surface area contributed by atoms with Crippen molar-refractivity contribution in [1.29, 1.82) is 0 Å². The number of carbonyl (C=O) groups is 1. The van der Waals surface area contributed by atoms with E-state index in [4.69, 9.17) is 21.1 Å². The van der Waals surface area contributed by atoms with Gasteiger partial charge in [-0.3, -0.25) is 9.89 Å². The molecule has 0 radical (unpaired) electrons. The number of hydrogen-bond donors (Lipinski definition) is 2. The van der Waals surface area contributed by atoms with Crippen LogP contribution in [0.2, 0.25) is 5.02 Å². The first-order valence-corrected chi connectivity index (χ1v) is 12.1. The number of rotatable bonds is 10. The minimum Gasteiger partial charge on any atom is -0.507 e. The molecule has 4 rings (SSSR count). The van der Waals surface area contributed by atoms with Crippen molar-refractivity contribution in [1.82, 2.24) is 15.1 Å². The van der Waals surface area contributed by atoms with E-state index in [9.17, 15) is 9.90 Å². The van der Waals surface area contributed by atoms with Crippen LogP contribution in [-0.2, 0) is 0 Å². The molecule has 8 heteroatoms. The van der Waals surface area contributed by atoms with Crippen molar-refractivity contribution in [2.75, 3.05) is 20.3 Å². The van der Waals surface area contributed by atoms with Gasteiger partial charge in [-0.2, -0.15) is 5.10 Å². The SMILES string of the molecule is C=CCOc1ccc(C2c3c(-c4cc(Cl)c(C)cc4O)n[nH]c3C(=O)N2CCCCC)cc1OC. The van der Waals surface area contributed by atoms with Crippen LogP contribution in [0.25, 0.3) is 11.3 Å². The number of phenolic OH excluding ortho intramolecular Hbond substituents is 1. The van der Waals surface area contributed by atoms with Gasteiger partial charge < -0.3 is 19.5 Å². The van der Waals surface area contributed by atoms with E-state index in [1.807, 2.05) is 30.0 Å². The zero-order valence-electron chi connectivity index (χ0n) is 20.2. The molecule has 0 saturated carbocycles. The van der Waals surface area contributed by atoms with Crippen LogP contribution >= 0.6 is 11.6 Å². The van der Waals surface area contributed by atoms with Crippen LogP contribution in [0.1, 0.15) is 59.4 Å². The maximum absolute atomic E-state index is 13.5. The molecule has 1 amide bonds. The number of benzene rings is 2. The van der Waals surface area contributed by atoms with Gasteiger partial charge in [0, 0.05) is 22.7 Å². The fourth-order valence-corrected chi connectivity index (χ4v) is 4.65. The van der Waals surface area contributed by atoms with Crippen molar-refractivity contribution in [2.24, 2.45) is 0 Å². The maximum atomic E-state index is 13.5. The second kappa shape index (κ2) is 10.4. The Morgan fingerprint density at radius 3 is 2.77 bits per heavy atom. The molecule has 35 heavy (non-hydrogen) atoms. The van der Waals surface area contributed by atoms with E-state index in [0.717, 1.165) is 30.4 Å². The van der Waals surface area contributed by atoms with E-state index in [0.29, 0.717) is 52.2 Å². The number of aromatic hydroxyl groups is 1. The predicted molar refractivity (Wildman–Crippen MR) is 137 cm³/mol. The average molecular weight is 496 g/mol. The molecule has 2 heterocycles. The first kappa shape index (κ1) is 24.7. The summed E-state index contributed by atoms with van der Waals surface area (Å²) in [7, 11) is 1.58. The Kier molecular flexibility index (Phi) is 7.36. The average Bonchev–Trinajstić information content (AvgIpc) is 3.39. The number of aromatic nitrogens is 2. The van der Waals surface area contributed by atoms with Crippen molar-refractivity contribution in [3.63, 3.8) is 0 Å². The number of fused-ring (bicyclic) bond motifs is 1. The topological polar surface area (TPSA) is 87.7 Å². The van der Waals surface area contributed by atoms with E-state index >= 15 is 0 Å². The summed E-state index contributed by atoms with van der Waals surface area (Å²) in [5.74, 6) is 1.09. The number of ether oxygens (including phenoxy) is 2. The molecule has 0 saturated heterocycles. The van der Waals surface area contributed by atoms with Crippen LogP contribution in [0.5, 0.6) is 17.2 Å². The van der Waals surface area contributed by atoms with Crippen molar-refractivity contribution >= 4 is 17.5 Å². The molecule has 1 aromatic heterocycles. The van der Waals surface area contributed by atoms with E-state index in [1.54, 1.807) is 25.3 Å². The van der Waals surface area contributed by atoms with Gasteiger partial charge >= 0.3 is 0 Å². The standard InChI is InChI=1S/C27H30ClN3O4/c1-5-7-8-11-31-26(17-9-10-21(35-12-6-2)22(14-17)34-4)23-24(29-30-25(23)27(31)33)18-15-19(28)16(3)13-20(18)32/h6,9-10,13-15,26,32H,2,5,7-8,11-12H2,1,3-4H3,(H,29,30). The molecule has 184 valence electrons. The number of phenols is 1. The monoisotopic (exact) mass is 495 g/mol. The molecular formula is C27H30ClN3O4. The normalized spacial score (nSPS) is 14.8. The molecule has 3 aromatic rings. The van der Waals surface area contributed by atoms with E-state index in [1.165, 1.54) is 0 Å². The lowest BCUT2D eigenvalue weighted by atomic mass is 9.95. The number of aromatic amines is 1. The summed E-state index contributed by atoms with van der Waals surface area (Å²) >= 11 is 6.38. The van der Waals surface area contributed by atoms with E-state index in [2.05, 4.69) is 23.7 Å². The molecule has 1 unspecified atom stereocenters. The minimum absolute atomic E-state index is 0.0579. The molecule has 1 aliphatic heterocycles. The van der Waals surface area contributed by atoms with Crippen LogP contribution in [0.4, 0.5) is 0 Å². The van der Waals surface area contributed by atoms with Gasteiger partial charge in [-0.15, -0.1) is 0 Å². The number of amides is 1. The fourth-order valence-electron chi connectivity index (χ4n) is 4.49. The highest BCUT2D eigenvalue weighted by Gasteiger charge is 2.42. The summed E-state index contributed by atoms with van der Waals surface area (Å²) in [6.45, 7) is 8.59. The summed E-state index contributed by atoms with van der Waals surface area (Å²) in [4.78, 5) is 15.3. The molecule has 0 aliphatic carbocycles. The molecule has 1 aliphatic rings. The van der Waals surface area contributed by atoms with Crippen molar-refractivity contribution in [2.45, 2.75) is 39.2 Å². The van der Waals surface area contributed by atoms with Crippen LogP contribution in [0, 0.1) is 6.92 Å². The van der Waals surface area contributed by atoms with Gasteiger partial charge in [-0.05, 0) is 48.7 Å². The molecular weight excluding hydrogens is 466 g/mol. The lowest BCUT2D eigenvalue weighted by molar-refractivity contribution is 0.0740. The maximum Gasteiger partial charge on any atom is 0.273 e. The summed E-state index contributed by atoms with van der Waals surface area (Å²) in [6.07, 6.45) is 4.61. The van der Waals surface area contributed by atoms with Gasteiger partial charge in [0.05, 0.1) is 13.2 Å². The molecule has 2 N–H and O–H groups in total. The number of halogens is 1. The summed E-state index contributed by atoms with van der Waals surface area (Å²) < 4.78 is 11.3. The molecule has 0 fully saturated rings. The second-order valence-electron chi connectivity index (χ2n) is 8.60. The number of H-pyrrole nitrogens is 1. The molecule has 0 bridgehead atoms. The Bertz CT molecular complexity index is 1250. The first-order valence-electron chi connectivity index (χ1n) is 11.7. The number of hydrogen-bond acceptors (Lipinski definition) is 5. The van der Waals surface area contributed by atoms with Gasteiger partial charge in [0.1, 0.15) is 23.7 Å². The number of nitrogens with one attached hydrogen (secondary N) is 1. The van der Waals surface area contributed by atoms with Crippen LogP contribution < -0.4 is 9.47 Å². The van der Waals surface area contributed by atoms with E-state index < -0.39 is 6.04 Å². The number of methoxy groups -OCH3 is 1. The van der Waals surface area contributed by atoms with E-state index in [-0.39, 0.29) is 11.7 Å². The quantitative estimate of drug-likeness (QED) is 0.264. The van der Waals surface area contributed by atoms with Crippen molar-refractivity contribution in [3.8, 4) is 28.5 Å². The molecule has 0 spiro atoms. The predicted octanol–water partition coefficient (Wildman–Crippen LogP) is 6.05. The highest BCUT2D eigenvalue weighted by Crippen LogP contribution is 2.46. The number of nitrogens with zero attached hydrogens (tertiary/aromatic N) is 2. The molecule has 2 aromatic carbocycles. The Morgan fingerprint density at radius 1 is 1.26 bits per heavy atom. The van der Waals surface area contributed by atoms with Gasteiger partial charge in [-0.25, -0.2) is 0 Å². The number of carbonyl (C=O) groups excluding carboxylic acids is 1. The zero-order valence-corrected chi connectivity index (χ0v) is 21.0. The lowest BCUT2D eigenvalue weighted by Crippen LogP contribution is -2.30. The summed E-state index contributed by atoms with van der Waals surface area (Å²) in [6, 6.07) is 8.54. The second-order valence-corrected chi connectivity index (χ2v) is 9.00. The van der Waals surface area contributed by atoms with Crippen molar-refractivity contribution in [3.05, 3.63) is 70.4 Å². The molecule has 7 nitrogen and oxygen atoms in total. The largest absolute Gasteiger partial charge is 0.507 e. The zero-order chi connectivity index (χ0) is 25.1. The number of aryl methyl sites for hydroxylation is 1. The third kappa shape index (κ3) is 4.60. The third-order valence-corrected chi connectivity index (χ3v) is 6.67. The Balaban J connectivity index is 1.85. The van der Waals surface area contributed by atoms with Crippen LogP contribution in [0.15, 0.2) is 43.0 Å². The van der Waals surface area contributed by atoms with Crippen LogP contribution in [0.3, 0.4) is 0 Å². The summed E-state index contributed by atoms with van der Waals surface area (Å²) in [5, 5.41) is 18.6. The van der Waals surface area contributed by atoms with Gasteiger partial charge in [0.2, 0.25) is 0 Å². The highest BCUT2D eigenvalue weighted by atomic mass is 35.5. The third-order valence-electron chi connectivity index (χ3n) is 6.26. The lowest BCUT2D eigenvalue weighted by Gasteiger charge is -2.27. The Hall–Kier alpha value is -3.45. The smallest absolute Gasteiger partial charge is 0.273 e. The Labute approximate surface area is 210 Å². The van der Waals surface area contributed by atoms with Crippen LogP contribution in [-0.4, -0.2) is 46.4 Å². The summed E-state index contributed by atoms with van der Waals surface area (Å²) in [5.41, 5.74) is 3.73. The first-order chi connectivity index (χ1) is 16.9. The van der Waals surface area contributed by atoms with Gasteiger partial charge in [-0.1, -0.05) is 50.1 Å². The molecule has 1 atom stereocenters. The fraction of sp³-hybridized carbons (Fsp3) is 0.333. The highest BCUT2D eigenvalue weighted by molar-refractivity contribution is 6.31. The van der Waals surface area contributed by atoms with Crippen molar-refractivity contribution < 1.29 is 19.4 Å². The van der Waals surface area contributed by atoms with Gasteiger partial charge in [0.15, 0.2) is 11.5 Å². The number of unbranched alkanes of at least 4 members (excludes halogenated alkanes) is 2. The minimum atomic E-state index is -0.412. The van der Waals surface area contributed by atoms with Gasteiger partial charge in [0.25, 0.3) is 5.91 Å².